The molecule has 0 aromatic heterocycles. The van der Waals surface area contributed by atoms with Gasteiger partial charge in [-0.2, -0.15) is 0 Å². The van der Waals surface area contributed by atoms with E-state index in [4.69, 9.17) is 9.47 Å². The lowest BCUT2D eigenvalue weighted by molar-refractivity contribution is -0.0361. The number of methoxy groups -OCH3 is 1. The molecule has 0 aliphatic heterocycles. The van der Waals surface area contributed by atoms with Crippen molar-refractivity contribution in [2.75, 3.05) is 7.11 Å². The number of hydrogen-bond donors (Lipinski definition) is 1. The second kappa shape index (κ2) is 9.65. The monoisotopic (exact) mass is 306 g/mol. The van der Waals surface area contributed by atoms with Crippen molar-refractivity contribution < 1.29 is 14.6 Å². The van der Waals surface area contributed by atoms with E-state index in [9.17, 15) is 5.11 Å². The molecule has 0 bridgehead atoms. The quantitative estimate of drug-likeness (QED) is 0.653. The lowest BCUT2D eigenvalue weighted by Gasteiger charge is -2.28. The van der Waals surface area contributed by atoms with Gasteiger partial charge in [-0.15, -0.1) is 0 Å². The van der Waals surface area contributed by atoms with Crippen LogP contribution in [0.2, 0.25) is 0 Å². The molecule has 0 spiro atoms. The molecule has 1 rings (SSSR count). The molecular formula is C19H30O3. The van der Waals surface area contributed by atoms with Gasteiger partial charge in [-0.1, -0.05) is 38.1 Å². The largest absolute Gasteiger partial charge is 0.497 e. The highest BCUT2D eigenvalue weighted by molar-refractivity contribution is 5.26. The molecule has 3 heteroatoms. The standard InChI is InChI=1S/C19H30O3/c1-6-14(3)12-19(20)18(7-2)15(4)22-13-16-8-10-17(21-5)11-9-16/h8-11,15,18-20H,3,6-7,12-13H2,1-2,4-5H3/t15-,18-,19-/m1/s1. The van der Waals surface area contributed by atoms with E-state index in [2.05, 4.69) is 20.4 Å². The fraction of sp³-hybridized carbons (Fsp3) is 0.579. The third-order valence-electron chi connectivity index (χ3n) is 4.24. The summed E-state index contributed by atoms with van der Waals surface area (Å²) in [7, 11) is 1.66. The zero-order valence-electron chi connectivity index (χ0n) is 14.3. The fourth-order valence-corrected chi connectivity index (χ4v) is 2.58. The van der Waals surface area contributed by atoms with Gasteiger partial charge in [0.1, 0.15) is 5.75 Å². The van der Waals surface area contributed by atoms with E-state index in [0.29, 0.717) is 13.0 Å². The van der Waals surface area contributed by atoms with Crippen molar-refractivity contribution in [1.29, 1.82) is 0 Å². The smallest absolute Gasteiger partial charge is 0.118 e. The molecule has 0 radical (unpaired) electrons. The Kier molecular flexibility index (Phi) is 8.21. The predicted octanol–water partition coefficient (Wildman–Crippen LogP) is 4.34. The van der Waals surface area contributed by atoms with E-state index in [1.165, 1.54) is 0 Å². The van der Waals surface area contributed by atoms with Crippen molar-refractivity contribution in [3.05, 3.63) is 42.0 Å². The highest BCUT2D eigenvalue weighted by atomic mass is 16.5. The maximum Gasteiger partial charge on any atom is 0.118 e. The van der Waals surface area contributed by atoms with Gasteiger partial charge >= 0.3 is 0 Å². The van der Waals surface area contributed by atoms with Gasteiger partial charge in [0, 0.05) is 5.92 Å². The third-order valence-corrected chi connectivity index (χ3v) is 4.24. The first-order valence-corrected chi connectivity index (χ1v) is 8.11. The van der Waals surface area contributed by atoms with Crippen LogP contribution in [0.3, 0.4) is 0 Å². The summed E-state index contributed by atoms with van der Waals surface area (Å²) in [5.74, 6) is 0.971. The molecule has 1 N–H and O–H groups in total. The normalized spacial score (nSPS) is 15.1. The van der Waals surface area contributed by atoms with Crippen LogP contribution in [-0.2, 0) is 11.3 Å². The molecule has 0 saturated carbocycles. The molecule has 0 fully saturated rings. The van der Waals surface area contributed by atoms with Gasteiger partial charge in [0.2, 0.25) is 0 Å². The highest BCUT2D eigenvalue weighted by Crippen LogP contribution is 2.23. The van der Waals surface area contributed by atoms with Crippen LogP contribution in [0.5, 0.6) is 5.75 Å². The number of rotatable bonds is 10. The average molecular weight is 306 g/mol. The second-order valence-electron chi connectivity index (χ2n) is 5.81. The minimum atomic E-state index is -0.386. The molecule has 0 saturated heterocycles. The first kappa shape index (κ1) is 18.7. The Labute approximate surface area is 135 Å². The fourth-order valence-electron chi connectivity index (χ4n) is 2.58. The Hall–Kier alpha value is -1.32. The SMILES string of the molecule is C=C(CC)C[C@@H](O)[C@H](CC)[C@@H](C)OCc1ccc(OC)cc1. The molecule has 0 unspecified atom stereocenters. The Morgan fingerprint density at radius 3 is 2.36 bits per heavy atom. The molecule has 3 atom stereocenters. The molecule has 0 heterocycles. The number of benzene rings is 1. The molecule has 0 aliphatic rings. The van der Waals surface area contributed by atoms with Gasteiger partial charge < -0.3 is 14.6 Å². The van der Waals surface area contributed by atoms with Crippen molar-refractivity contribution in [3.8, 4) is 5.75 Å². The van der Waals surface area contributed by atoms with E-state index in [0.717, 1.165) is 29.7 Å². The Bertz CT molecular complexity index is 438. The minimum Gasteiger partial charge on any atom is -0.497 e. The Morgan fingerprint density at radius 2 is 1.86 bits per heavy atom. The van der Waals surface area contributed by atoms with Crippen molar-refractivity contribution in [2.24, 2.45) is 5.92 Å². The van der Waals surface area contributed by atoms with Crippen molar-refractivity contribution in [2.45, 2.75) is 58.8 Å². The maximum atomic E-state index is 10.4. The summed E-state index contributed by atoms with van der Waals surface area (Å²) in [4.78, 5) is 0. The average Bonchev–Trinajstić information content (AvgIpc) is 2.53. The summed E-state index contributed by atoms with van der Waals surface area (Å²) in [6.07, 6.45) is 2.08. The summed E-state index contributed by atoms with van der Waals surface area (Å²) >= 11 is 0. The van der Waals surface area contributed by atoms with E-state index in [-0.39, 0.29) is 18.1 Å². The highest BCUT2D eigenvalue weighted by Gasteiger charge is 2.24. The molecule has 3 nitrogen and oxygen atoms in total. The summed E-state index contributed by atoms with van der Waals surface area (Å²) < 4.78 is 11.1. The molecule has 22 heavy (non-hydrogen) atoms. The Morgan fingerprint density at radius 1 is 1.23 bits per heavy atom. The molecule has 0 aliphatic carbocycles. The van der Waals surface area contributed by atoms with Crippen LogP contribution >= 0.6 is 0 Å². The molecule has 1 aromatic carbocycles. The molecule has 124 valence electrons. The van der Waals surface area contributed by atoms with Gasteiger partial charge in [0.15, 0.2) is 0 Å². The lowest BCUT2D eigenvalue weighted by atomic mass is 9.89. The number of ether oxygens (including phenoxy) is 2. The number of aliphatic hydroxyl groups excluding tert-OH is 1. The van der Waals surface area contributed by atoms with Gasteiger partial charge in [-0.05, 0) is 43.9 Å². The van der Waals surface area contributed by atoms with Gasteiger partial charge in [0.05, 0.1) is 25.9 Å². The van der Waals surface area contributed by atoms with Gasteiger partial charge in [-0.25, -0.2) is 0 Å². The van der Waals surface area contributed by atoms with Gasteiger partial charge in [-0.3, -0.25) is 0 Å². The number of aliphatic hydroxyl groups is 1. The zero-order valence-corrected chi connectivity index (χ0v) is 14.3. The summed E-state index contributed by atoms with van der Waals surface area (Å²) in [5.41, 5.74) is 2.20. The first-order chi connectivity index (χ1) is 10.5. The Balaban J connectivity index is 2.52. The van der Waals surface area contributed by atoms with Crippen LogP contribution in [0.4, 0.5) is 0 Å². The van der Waals surface area contributed by atoms with Crippen LogP contribution in [-0.4, -0.2) is 24.4 Å². The van der Waals surface area contributed by atoms with Gasteiger partial charge in [0.25, 0.3) is 0 Å². The van der Waals surface area contributed by atoms with E-state index >= 15 is 0 Å². The van der Waals surface area contributed by atoms with Crippen LogP contribution in [0, 0.1) is 5.92 Å². The summed E-state index contributed by atoms with van der Waals surface area (Å²) in [6.45, 7) is 10.7. The van der Waals surface area contributed by atoms with Crippen LogP contribution < -0.4 is 4.74 Å². The van der Waals surface area contributed by atoms with Crippen molar-refractivity contribution in [1.82, 2.24) is 0 Å². The molecule has 1 aromatic rings. The van der Waals surface area contributed by atoms with Crippen molar-refractivity contribution >= 4 is 0 Å². The van der Waals surface area contributed by atoms with Crippen LogP contribution in [0.1, 0.15) is 45.6 Å². The van der Waals surface area contributed by atoms with Crippen LogP contribution in [0.25, 0.3) is 0 Å². The topological polar surface area (TPSA) is 38.7 Å². The summed E-state index contributed by atoms with van der Waals surface area (Å²) in [5, 5.41) is 10.4. The van der Waals surface area contributed by atoms with E-state index in [1.54, 1.807) is 7.11 Å². The van der Waals surface area contributed by atoms with E-state index < -0.39 is 0 Å². The van der Waals surface area contributed by atoms with E-state index in [1.807, 2.05) is 31.2 Å². The maximum absolute atomic E-state index is 10.4. The molecular weight excluding hydrogens is 276 g/mol. The lowest BCUT2D eigenvalue weighted by Crippen LogP contribution is -2.31. The number of hydrogen-bond acceptors (Lipinski definition) is 3. The second-order valence-corrected chi connectivity index (χ2v) is 5.81. The molecule has 0 amide bonds. The minimum absolute atomic E-state index is 0.00626. The summed E-state index contributed by atoms with van der Waals surface area (Å²) in [6, 6.07) is 7.87. The van der Waals surface area contributed by atoms with Crippen molar-refractivity contribution in [3.63, 3.8) is 0 Å². The predicted molar refractivity (Wildman–Crippen MR) is 91.1 cm³/mol. The van der Waals surface area contributed by atoms with Crippen LogP contribution in [0.15, 0.2) is 36.4 Å². The third kappa shape index (κ3) is 5.82. The zero-order chi connectivity index (χ0) is 16.5. The first-order valence-electron chi connectivity index (χ1n) is 8.11.